The molecular weight excluding hydrogens is 174 g/mol. The van der Waals surface area contributed by atoms with E-state index in [0.29, 0.717) is 5.41 Å². The lowest BCUT2D eigenvalue weighted by Gasteiger charge is -2.42. The number of aliphatic hydroxyl groups is 1. The molecule has 0 aliphatic heterocycles. The highest BCUT2D eigenvalue weighted by Crippen LogP contribution is 2.65. The van der Waals surface area contributed by atoms with Gasteiger partial charge in [0, 0.05) is 12.0 Å². The first kappa shape index (κ1) is 10.4. The lowest BCUT2D eigenvalue weighted by Crippen LogP contribution is -2.46. The standard InChI is InChI=1S/C12H23NO/c1-11(2)9-5-6-12(11,8-13(3)4)10(14)7-9/h9-10,14H,5-8H2,1-4H3/t9-,10+,12-/m0/s1. The summed E-state index contributed by atoms with van der Waals surface area (Å²) in [6.07, 6.45) is 3.49. The lowest BCUT2D eigenvalue weighted by molar-refractivity contribution is -0.0211. The van der Waals surface area contributed by atoms with Crippen LogP contribution < -0.4 is 0 Å². The third-order valence-corrected chi connectivity index (χ3v) is 4.99. The van der Waals surface area contributed by atoms with Crippen LogP contribution in [0.5, 0.6) is 0 Å². The van der Waals surface area contributed by atoms with Gasteiger partial charge in [-0.15, -0.1) is 0 Å². The van der Waals surface area contributed by atoms with Crippen LogP contribution in [0.15, 0.2) is 0 Å². The third kappa shape index (κ3) is 1.10. The number of hydrogen-bond acceptors (Lipinski definition) is 2. The number of nitrogens with zero attached hydrogens (tertiary/aromatic N) is 1. The molecule has 0 heterocycles. The normalized spacial score (nSPS) is 45.0. The van der Waals surface area contributed by atoms with E-state index in [9.17, 15) is 5.11 Å². The van der Waals surface area contributed by atoms with Crippen molar-refractivity contribution in [2.24, 2.45) is 16.7 Å². The maximum atomic E-state index is 10.2. The van der Waals surface area contributed by atoms with E-state index >= 15 is 0 Å². The van der Waals surface area contributed by atoms with Crippen LogP contribution in [-0.2, 0) is 0 Å². The van der Waals surface area contributed by atoms with Crippen molar-refractivity contribution in [3.8, 4) is 0 Å². The molecule has 0 aromatic heterocycles. The highest BCUT2D eigenvalue weighted by molar-refractivity contribution is 5.13. The van der Waals surface area contributed by atoms with E-state index in [1.165, 1.54) is 12.8 Å². The summed E-state index contributed by atoms with van der Waals surface area (Å²) < 4.78 is 0. The average molecular weight is 197 g/mol. The summed E-state index contributed by atoms with van der Waals surface area (Å²) in [6.45, 7) is 5.74. The first-order chi connectivity index (χ1) is 6.40. The average Bonchev–Trinajstić information content (AvgIpc) is 2.36. The van der Waals surface area contributed by atoms with Crippen LogP contribution in [0.2, 0.25) is 0 Å². The van der Waals surface area contributed by atoms with Gasteiger partial charge in [-0.2, -0.15) is 0 Å². The van der Waals surface area contributed by atoms with Gasteiger partial charge < -0.3 is 10.0 Å². The quantitative estimate of drug-likeness (QED) is 0.729. The molecule has 2 aliphatic rings. The zero-order chi connectivity index (χ0) is 10.6. The molecule has 2 bridgehead atoms. The van der Waals surface area contributed by atoms with Gasteiger partial charge in [-0.25, -0.2) is 0 Å². The molecule has 82 valence electrons. The Balaban J connectivity index is 2.30. The summed E-state index contributed by atoms with van der Waals surface area (Å²) in [5.74, 6) is 0.748. The zero-order valence-corrected chi connectivity index (χ0v) is 9.88. The molecular formula is C12H23NO. The van der Waals surface area contributed by atoms with Crippen molar-refractivity contribution in [2.45, 2.75) is 39.2 Å². The van der Waals surface area contributed by atoms with Gasteiger partial charge in [0.15, 0.2) is 0 Å². The van der Waals surface area contributed by atoms with Crippen LogP contribution >= 0.6 is 0 Å². The molecule has 0 saturated heterocycles. The Kier molecular flexibility index (Phi) is 2.20. The number of fused-ring (bicyclic) bond motifs is 2. The van der Waals surface area contributed by atoms with Gasteiger partial charge in [-0.3, -0.25) is 0 Å². The lowest BCUT2D eigenvalue weighted by atomic mass is 9.68. The van der Waals surface area contributed by atoms with Crippen LogP contribution in [0.3, 0.4) is 0 Å². The molecule has 0 aromatic rings. The molecule has 0 spiro atoms. The second kappa shape index (κ2) is 2.96. The molecule has 0 radical (unpaired) electrons. The second-order valence-electron chi connectivity index (χ2n) is 6.10. The maximum absolute atomic E-state index is 10.2. The van der Waals surface area contributed by atoms with Crippen molar-refractivity contribution in [3.63, 3.8) is 0 Å². The topological polar surface area (TPSA) is 23.5 Å². The largest absolute Gasteiger partial charge is 0.392 e. The van der Waals surface area contributed by atoms with Crippen molar-refractivity contribution in [1.82, 2.24) is 4.90 Å². The van der Waals surface area contributed by atoms with E-state index in [0.717, 1.165) is 18.9 Å². The molecule has 2 nitrogen and oxygen atoms in total. The SMILES string of the molecule is CN(C)C[C@@]12CC[C@@H](C[C@H]1O)C2(C)C. The van der Waals surface area contributed by atoms with Gasteiger partial charge in [0.05, 0.1) is 6.10 Å². The van der Waals surface area contributed by atoms with Gasteiger partial charge in [-0.05, 0) is 44.7 Å². The Morgan fingerprint density at radius 1 is 1.36 bits per heavy atom. The Morgan fingerprint density at radius 2 is 2.00 bits per heavy atom. The number of hydrogen-bond donors (Lipinski definition) is 1. The summed E-state index contributed by atoms with van der Waals surface area (Å²) in [5, 5.41) is 10.2. The van der Waals surface area contributed by atoms with Gasteiger partial charge in [0.1, 0.15) is 0 Å². The Bertz CT molecular complexity index is 236. The summed E-state index contributed by atoms with van der Waals surface area (Å²) in [7, 11) is 4.23. The van der Waals surface area contributed by atoms with E-state index in [-0.39, 0.29) is 11.5 Å². The molecule has 14 heavy (non-hydrogen) atoms. The highest BCUT2D eigenvalue weighted by Gasteiger charge is 2.63. The molecule has 2 aliphatic carbocycles. The van der Waals surface area contributed by atoms with Crippen molar-refractivity contribution in [3.05, 3.63) is 0 Å². The van der Waals surface area contributed by atoms with Crippen molar-refractivity contribution in [1.29, 1.82) is 0 Å². The van der Waals surface area contributed by atoms with Crippen LogP contribution in [0, 0.1) is 16.7 Å². The van der Waals surface area contributed by atoms with E-state index in [2.05, 4.69) is 32.8 Å². The van der Waals surface area contributed by atoms with Gasteiger partial charge in [-0.1, -0.05) is 13.8 Å². The van der Waals surface area contributed by atoms with Gasteiger partial charge in [0.25, 0.3) is 0 Å². The van der Waals surface area contributed by atoms with Crippen molar-refractivity contribution >= 4 is 0 Å². The van der Waals surface area contributed by atoms with Crippen molar-refractivity contribution < 1.29 is 5.11 Å². The van der Waals surface area contributed by atoms with Crippen LogP contribution in [0.1, 0.15) is 33.1 Å². The first-order valence-electron chi connectivity index (χ1n) is 5.73. The Labute approximate surface area is 87.3 Å². The minimum Gasteiger partial charge on any atom is -0.392 e. The highest BCUT2D eigenvalue weighted by atomic mass is 16.3. The van der Waals surface area contributed by atoms with E-state index in [1.807, 2.05) is 0 Å². The van der Waals surface area contributed by atoms with Gasteiger partial charge >= 0.3 is 0 Å². The minimum absolute atomic E-state index is 0.0707. The van der Waals surface area contributed by atoms with E-state index in [1.54, 1.807) is 0 Å². The smallest absolute Gasteiger partial charge is 0.0616 e. The molecule has 0 aromatic carbocycles. The first-order valence-corrected chi connectivity index (χ1v) is 5.73. The van der Waals surface area contributed by atoms with Crippen molar-refractivity contribution in [2.75, 3.05) is 20.6 Å². The maximum Gasteiger partial charge on any atom is 0.0616 e. The number of aliphatic hydroxyl groups excluding tert-OH is 1. The monoisotopic (exact) mass is 197 g/mol. The molecule has 2 rings (SSSR count). The predicted octanol–water partition coefficient (Wildman–Crippen LogP) is 1.74. The van der Waals surface area contributed by atoms with Crippen LogP contribution in [0.25, 0.3) is 0 Å². The second-order valence-corrected chi connectivity index (χ2v) is 6.10. The summed E-state index contributed by atoms with van der Waals surface area (Å²) in [5.41, 5.74) is 0.498. The third-order valence-electron chi connectivity index (χ3n) is 4.99. The summed E-state index contributed by atoms with van der Waals surface area (Å²) in [6, 6.07) is 0. The zero-order valence-electron chi connectivity index (χ0n) is 9.88. The molecule has 2 heteroatoms. The fourth-order valence-corrected chi connectivity index (χ4v) is 3.98. The fourth-order valence-electron chi connectivity index (χ4n) is 3.98. The molecule has 0 amide bonds. The number of rotatable bonds is 2. The Hall–Kier alpha value is -0.0800. The summed E-state index contributed by atoms with van der Waals surface area (Å²) in [4.78, 5) is 2.23. The molecule has 3 atom stereocenters. The summed E-state index contributed by atoms with van der Waals surface area (Å²) >= 11 is 0. The predicted molar refractivity (Wildman–Crippen MR) is 58.1 cm³/mol. The van der Waals surface area contributed by atoms with Gasteiger partial charge in [0.2, 0.25) is 0 Å². The molecule has 2 saturated carbocycles. The van der Waals surface area contributed by atoms with E-state index in [4.69, 9.17) is 0 Å². The van der Waals surface area contributed by atoms with Crippen LogP contribution in [0.4, 0.5) is 0 Å². The fraction of sp³-hybridized carbons (Fsp3) is 1.00. The van der Waals surface area contributed by atoms with E-state index < -0.39 is 0 Å². The Morgan fingerprint density at radius 3 is 2.36 bits per heavy atom. The minimum atomic E-state index is -0.0707. The van der Waals surface area contributed by atoms with Crippen LogP contribution in [-0.4, -0.2) is 36.8 Å². The molecule has 1 N–H and O–H groups in total. The molecule has 0 unspecified atom stereocenters. The molecule has 2 fully saturated rings.